The number of carbonyl (C=O) groups is 3. The molecule has 0 aliphatic carbocycles. The van der Waals surface area contributed by atoms with Gasteiger partial charge in [0.2, 0.25) is 11.8 Å². The zero-order valence-corrected chi connectivity index (χ0v) is 19.9. The number of fused-ring (bicyclic) bond motifs is 1. The SMILES string of the molecule is CCN(CC)C(=O)c1ccc2c(c1)N(CC(=O)N1CCN(c3ccccn3)CC1)C(=O)CS2. The lowest BCUT2D eigenvalue weighted by atomic mass is 10.1. The molecule has 1 aromatic carbocycles. The first kappa shape index (κ1) is 23.1. The highest BCUT2D eigenvalue weighted by Crippen LogP contribution is 2.36. The van der Waals surface area contributed by atoms with Gasteiger partial charge in [0.1, 0.15) is 12.4 Å². The number of pyridine rings is 1. The summed E-state index contributed by atoms with van der Waals surface area (Å²) in [6.45, 7) is 7.67. The van der Waals surface area contributed by atoms with E-state index in [1.165, 1.54) is 16.7 Å². The van der Waals surface area contributed by atoms with Gasteiger partial charge in [0.15, 0.2) is 0 Å². The molecule has 0 N–H and O–H groups in total. The summed E-state index contributed by atoms with van der Waals surface area (Å²) in [6.07, 6.45) is 1.77. The minimum atomic E-state index is -0.111. The summed E-state index contributed by atoms with van der Waals surface area (Å²) in [7, 11) is 0. The van der Waals surface area contributed by atoms with Gasteiger partial charge >= 0.3 is 0 Å². The summed E-state index contributed by atoms with van der Waals surface area (Å²) in [5.74, 6) is 0.939. The van der Waals surface area contributed by atoms with Gasteiger partial charge in [-0.1, -0.05) is 6.07 Å². The van der Waals surface area contributed by atoms with E-state index < -0.39 is 0 Å². The molecule has 0 bridgehead atoms. The fourth-order valence-electron chi connectivity index (χ4n) is 4.16. The van der Waals surface area contributed by atoms with Crippen molar-refractivity contribution in [2.75, 3.05) is 61.4 Å². The van der Waals surface area contributed by atoms with Crippen molar-refractivity contribution in [3.05, 3.63) is 48.2 Å². The van der Waals surface area contributed by atoms with Gasteiger partial charge in [0.05, 0.1) is 11.4 Å². The molecule has 8 nitrogen and oxygen atoms in total. The van der Waals surface area contributed by atoms with Gasteiger partial charge < -0.3 is 19.6 Å². The Balaban J connectivity index is 1.46. The number of hydrogen-bond donors (Lipinski definition) is 0. The lowest BCUT2D eigenvalue weighted by Gasteiger charge is -2.37. The van der Waals surface area contributed by atoms with Crippen LogP contribution < -0.4 is 9.80 Å². The first-order valence-electron chi connectivity index (χ1n) is 11.3. The zero-order valence-electron chi connectivity index (χ0n) is 19.1. The molecule has 1 saturated heterocycles. The van der Waals surface area contributed by atoms with Crippen LogP contribution in [0.3, 0.4) is 0 Å². The molecule has 1 aromatic heterocycles. The van der Waals surface area contributed by atoms with Crippen LogP contribution in [0.15, 0.2) is 47.5 Å². The molecule has 3 heterocycles. The van der Waals surface area contributed by atoms with Gasteiger partial charge in [-0.2, -0.15) is 0 Å². The lowest BCUT2D eigenvalue weighted by Crippen LogP contribution is -2.52. The van der Waals surface area contributed by atoms with Gasteiger partial charge in [-0.05, 0) is 44.2 Å². The minimum Gasteiger partial charge on any atom is -0.353 e. The highest BCUT2D eigenvalue weighted by atomic mass is 32.2. The van der Waals surface area contributed by atoms with Crippen molar-refractivity contribution in [3.63, 3.8) is 0 Å². The Labute approximate surface area is 198 Å². The van der Waals surface area contributed by atoms with E-state index in [0.717, 1.165) is 10.7 Å². The van der Waals surface area contributed by atoms with E-state index >= 15 is 0 Å². The third kappa shape index (κ3) is 4.98. The molecule has 2 aliphatic rings. The summed E-state index contributed by atoms with van der Waals surface area (Å²) in [5.41, 5.74) is 1.18. The molecule has 3 amide bonds. The zero-order chi connectivity index (χ0) is 23.4. The summed E-state index contributed by atoms with van der Waals surface area (Å²) in [4.78, 5) is 51.2. The fraction of sp³-hybridized carbons (Fsp3) is 0.417. The number of carbonyl (C=O) groups excluding carboxylic acids is 3. The topological polar surface area (TPSA) is 77.1 Å². The molecule has 0 unspecified atom stereocenters. The summed E-state index contributed by atoms with van der Waals surface area (Å²) < 4.78 is 0. The number of aromatic nitrogens is 1. The van der Waals surface area contributed by atoms with E-state index in [1.54, 1.807) is 28.1 Å². The molecular formula is C24H29N5O3S. The van der Waals surface area contributed by atoms with Crippen LogP contribution in [-0.2, 0) is 9.59 Å². The molecule has 2 aliphatic heterocycles. The van der Waals surface area contributed by atoms with Gasteiger partial charge in [-0.25, -0.2) is 4.98 Å². The Morgan fingerprint density at radius 3 is 2.48 bits per heavy atom. The summed E-state index contributed by atoms with van der Waals surface area (Å²) in [5, 5.41) is 0. The molecular weight excluding hydrogens is 438 g/mol. The smallest absolute Gasteiger partial charge is 0.253 e. The number of thioether (sulfide) groups is 1. The minimum absolute atomic E-state index is 0.0150. The van der Waals surface area contributed by atoms with Crippen LogP contribution in [-0.4, -0.2) is 84.1 Å². The Hall–Kier alpha value is -3.07. The third-order valence-corrected chi connectivity index (χ3v) is 7.15. The van der Waals surface area contributed by atoms with Crippen LogP contribution in [0.2, 0.25) is 0 Å². The molecule has 0 atom stereocenters. The molecule has 0 radical (unpaired) electrons. The molecule has 1 fully saturated rings. The Bertz CT molecular complexity index is 1020. The lowest BCUT2D eigenvalue weighted by molar-refractivity contribution is -0.131. The van der Waals surface area contributed by atoms with Gasteiger partial charge in [-0.3, -0.25) is 14.4 Å². The highest BCUT2D eigenvalue weighted by molar-refractivity contribution is 8.00. The Morgan fingerprint density at radius 1 is 1.06 bits per heavy atom. The normalized spacial score (nSPS) is 15.9. The quantitative estimate of drug-likeness (QED) is 0.649. The van der Waals surface area contributed by atoms with E-state index in [0.29, 0.717) is 50.5 Å². The van der Waals surface area contributed by atoms with Crippen molar-refractivity contribution in [1.29, 1.82) is 0 Å². The Kier molecular flexibility index (Phi) is 7.17. The largest absolute Gasteiger partial charge is 0.353 e. The molecule has 9 heteroatoms. The van der Waals surface area contributed by atoms with Crippen LogP contribution in [0.5, 0.6) is 0 Å². The maximum atomic E-state index is 13.1. The highest BCUT2D eigenvalue weighted by Gasteiger charge is 2.30. The second kappa shape index (κ2) is 10.2. The molecule has 4 rings (SSSR count). The van der Waals surface area contributed by atoms with Crippen LogP contribution in [0, 0.1) is 0 Å². The van der Waals surface area contributed by atoms with E-state index in [1.807, 2.05) is 38.1 Å². The van der Waals surface area contributed by atoms with E-state index in [-0.39, 0.29) is 30.0 Å². The maximum Gasteiger partial charge on any atom is 0.253 e. The summed E-state index contributed by atoms with van der Waals surface area (Å²) >= 11 is 1.45. The molecule has 0 saturated carbocycles. The molecule has 174 valence electrons. The molecule has 0 spiro atoms. The standard InChI is InChI=1S/C24H29N5O3S/c1-3-26(4-2)24(32)18-8-9-20-19(15-18)29(23(31)17-33-20)16-22(30)28-13-11-27(12-14-28)21-7-5-6-10-25-21/h5-10,15H,3-4,11-14,16-17H2,1-2H3. The number of hydrogen-bond acceptors (Lipinski definition) is 6. The second-order valence-electron chi connectivity index (χ2n) is 7.98. The van der Waals surface area contributed by atoms with Crippen molar-refractivity contribution in [1.82, 2.24) is 14.8 Å². The van der Waals surface area contributed by atoms with Gasteiger partial charge in [0, 0.05) is 55.9 Å². The van der Waals surface area contributed by atoms with Crippen molar-refractivity contribution in [2.24, 2.45) is 0 Å². The molecule has 33 heavy (non-hydrogen) atoms. The van der Waals surface area contributed by atoms with Crippen molar-refractivity contribution in [2.45, 2.75) is 18.7 Å². The monoisotopic (exact) mass is 467 g/mol. The fourth-order valence-corrected chi connectivity index (χ4v) is 5.08. The summed E-state index contributed by atoms with van der Waals surface area (Å²) in [6, 6.07) is 11.2. The predicted octanol–water partition coefficient (Wildman–Crippen LogP) is 2.35. The van der Waals surface area contributed by atoms with E-state index in [9.17, 15) is 14.4 Å². The van der Waals surface area contributed by atoms with Gasteiger partial charge in [0.25, 0.3) is 5.91 Å². The van der Waals surface area contributed by atoms with E-state index in [2.05, 4.69) is 9.88 Å². The van der Waals surface area contributed by atoms with Crippen molar-refractivity contribution >= 4 is 41.0 Å². The number of nitrogens with zero attached hydrogens (tertiary/aromatic N) is 5. The van der Waals surface area contributed by atoms with Crippen LogP contribution in [0.4, 0.5) is 11.5 Å². The van der Waals surface area contributed by atoms with Crippen molar-refractivity contribution < 1.29 is 14.4 Å². The van der Waals surface area contributed by atoms with E-state index in [4.69, 9.17) is 0 Å². The third-order valence-electron chi connectivity index (χ3n) is 6.10. The first-order chi connectivity index (χ1) is 16.0. The van der Waals surface area contributed by atoms with Crippen LogP contribution in [0.25, 0.3) is 0 Å². The van der Waals surface area contributed by atoms with Crippen LogP contribution >= 0.6 is 11.8 Å². The second-order valence-corrected chi connectivity index (χ2v) is 9.00. The maximum absolute atomic E-state index is 13.1. The average molecular weight is 468 g/mol. The average Bonchev–Trinajstić information content (AvgIpc) is 2.86. The number of benzene rings is 1. The number of piperazine rings is 1. The van der Waals surface area contributed by atoms with Crippen LogP contribution in [0.1, 0.15) is 24.2 Å². The van der Waals surface area contributed by atoms with Crippen molar-refractivity contribution in [3.8, 4) is 0 Å². The predicted molar refractivity (Wildman–Crippen MR) is 130 cm³/mol. The number of rotatable bonds is 6. The number of amides is 3. The number of anilines is 2. The Morgan fingerprint density at radius 2 is 1.82 bits per heavy atom. The van der Waals surface area contributed by atoms with Gasteiger partial charge in [-0.15, -0.1) is 11.8 Å². The molecule has 2 aromatic rings. The first-order valence-corrected chi connectivity index (χ1v) is 12.3.